The second-order valence-electron chi connectivity index (χ2n) is 6.13. The fourth-order valence-corrected chi connectivity index (χ4v) is 2.50. The lowest BCUT2D eigenvalue weighted by Crippen LogP contribution is -2.51. The van der Waals surface area contributed by atoms with Gasteiger partial charge in [0.1, 0.15) is 5.92 Å². The number of hydrogen-bond donors (Lipinski definition) is 1. The van der Waals surface area contributed by atoms with E-state index in [0.29, 0.717) is 25.6 Å². The van der Waals surface area contributed by atoms with E-state index in [0.717, 1.165) is 12.8 Å². The molecule has 0 aromatic heterocycles. The van der Waals surface area contributed by atoms with Crippen LogP contribution in [0.25, 0.3) is 0 Å². The molecule has 6 nitrogen and oxygen atoms in total. The van der Waals surface area contributed by atoms with Crippen LogP contribution >= 0.6 is 0 Å². The fraction of sp³-hybridized carbons (Fsp3) is 0.867. The van der Waals surface area contributed by atoms with Crippen molar-refractivity contribution in [2.45, 2.75) is 39.7 Å². The van der Waals surface area contributed by atoms with Gasteiger partial charge < -0.3 is 19.6 Å². The van der Waals surface area contributed by atoms with Gasteiger partial charge in [-0.3, -0.25) is 4.79 Å². The highest BCUT2D eigenvalue weighted by atomic mass is 16.5. The summed E-state index contributed by atoms with van der Waals surface area (Å²) >= 11 is 0. The van der Waals surface area contributed by atoms with Crippen LogP contribution < -0.4 is 0 Å². The summed E-state index contributed by atoms with van der Waals surface area (Å²) < 4.78 is 5.29. The largest absolute Gasteiger partial charge is 0.481 e. The first-order valence-corrected chi connectivity index (χ1v) is 7.70. The quantitative estimate of drug-likeness (QED) is 0.779. The zero-order valence-electron chi connectivity index (χ0n) is 13.5. The molecule has 21 heavy (non-hydrogen) atoms. The molecule has 0 aromatic rings. The minimum atomic E-state index is -0.892. The molecule has 2 amide bonds. The maximum absolute atomic E-state index is 12.6. The first-order chi connectivity index (χ1) is 9.88. The number of rotatable bonds is 7. The van der Waals surface area contributed by atoms with Gasteiger partial charge >= 0.3 is 12.0 Å². The van der Waals surface area contributed by atoms with Crippen LogP contribution in [0.4, 0.5) is 4.79 Å². The Morgan fingerprint density at radius 1 is 1.29 bits per heavy atom. The van der Waals surface area contributed by atoms with Gasteiger partial charge in [-0.1, -0.05) is 20.8 Å². The number of carboxylic acids is 1. The van der Waals surface area contributed by atoms with Crippen LogP contribution in [-0.4, -0.2) is 66.3 Å². The number of amides is 2. The van der Waals surface area contributed by atoms with E-state index in [-0.39, 0.29) is 18.7 Å². The van der Waals surface area contributed by atoms with Gasteiger partial charge in [0.25, 0.3) is 0 Å². The standard InChI is InChI=1S/C15H28N2O4/c1-5-7-17(13-10-21-9-12(13)14(18)19)15(20)16(4)8-6-11(2)3/h11-13H,5-10H2,1-4H3,(H,18,19). The molecule has 2 atom stereocenters. The average Bonchev–Trinajstić information content (AvgIpc) is 2.90. The molecular weight excluding hydrogens is 272 g/mol. The van der Waals surface area contributed by atoms with E-state index < -0.39 is 11.9 Å². The zero-order chi connectivity index (χ0) is 16.0. The Bertz CT molecular complexity index is 360. The van der Waals surface area contributed by atoms with E-state index in [1.807, 2.05) is 6.92 Å². The van der Waals surface area contributed by atoms with Crippen LogP contribution in [0.1, 0.15) is 33.6 Å². The predicted molar refractivity (Wildman–Crippen MR) is 80.2 cm³/mol. The van der Waals surface area contributed by atoms with Crippen molar-refractivity contribution in [3.05, 3.63) is 0 Å². The molecule has 0 radical (unpaired) electrons. The van der Waals surface area contributed by atoms with Gasteiger partial charge in [-0.25, -0.2) is 4.79 Å². The number of carbonyl (C=O) groups excluding carboxylic acids is 1. The Balaban J connectivity index is 2.75. The van der Waals surface area contributed by atoms with Crippen LogP contribution in [-0.2, 0) is 9.53 Å². The Morgan fingerprint density at radius 2 is 1.95 bits per heavy atom. The third-order valence-electron chi connectivity index (χ3n) is 3.85. The third kappa shape index (κ3) is 4.88. The molecule has 122 valence electrons. The molecule has 2 unspecified atom stereocenters. The van der Waals surface area contributed by atoms with Crippen LogP contribution in [0.2, 0.25) is 0 Å². The molecule has 1 aliphatic rings. The lowest BCUT2D eigenvalue weighted by atomic mass is 10.0. The number of hydrogen-bond acceptors (Lipinski definition) is 3. The summed E-state index contributed by atoms with van der Waals surface area (Å²) in [6.45, 7) is 7.95. The Labute approximate surface area is 127 Å². The molecule has 1 heterocycles. The van der Waals surface area contributed by atoms with Crippen molar-refractivity contribution >= 4 is 12.0 Å². The number of carboxylic acid groups (broad SMARTS) is 1. The van der Waals surface area contributed by atoms with Crippen molar-refractivity contribution in [2.75, 3.05) is 33.4 Å². The highest BCUT2D eigenvalue weighted by molar-refractivity contribution is 5.77. The summed E-state index contributed by atoms with van der Waals surface area (Å²) in [5.74, 6) is -0.989. The van der Waals surface area contributed by atoms with Crippen molar-refractivity contribution in [3.63, 3.8) is 0 Å². The van der Waals surface area contributed by atoms with Crippen molar-refractivity contribution in [1.82, 2.24) is 9.80 Å². The van der Waals surface area contributed by atoms with E-state index >= 15 is 0 Å². The van der Waals surface area contributed by atoms with E-state index in [9.17, 15) is 14.7 Å². The smallest absolute Gasteiger partial charge is 0.320 e. The molecule has 0 bridgehead atoms. The molecule has 6 heteroatoms. The molecule has 1 rings (SSSR count). The Kier molecular flexibility index (Phi) is 6.95. The summed E-state index contributed by atoms with van der Waals surface area (Å²) in [5, 5.41) is 9.27. The van der Waals surface area contributed by atoms with Crippen LogP contribution in [0, 0.1) is 11.8 Å². The highest BCUT2D eigenvalue weighted by Crippen LogP contribution is 2.21. The zero-order valence-corrected chi connectivity index (χ0v) is 13.5. The summed E-state index contributed by atoms with van der Waals surface area (Å²) in [5.41, 5.74) is 0. The highest BCUT2D eigenvalue weighted by Gasteiger charge is 2.40. The molecule has 0 aliphatic carbocycles. The number of carbonyl (C=O) groups is 2. The van der Waals surface area contributed by atoms with E-state index in [1.54, 1.807) is 16.8 Å². The van der Waals surface area contributed by atoms with Gasteiger partial charge in [0.05, 0.1) is 19.3 Å². The first kappa shape index (κ1) is 17.8. The molecule has 0 saturated carbocycles. The molecule has 1 aliphatic heterocycles. The van der Waals surface area contributed by atoms with E-state index in [1.165, 1.54) is 0 Å². The summed E-state index contributed by atoms with van der Waals surface area (Å²) in [6.07, 6.45) is 1.73. The molecule has 1 saturated heterocycles. The topological polar surface area (TPSA) is 70.1 Å². The predicted octanol–water partition coefficient (Wildman–Crippen LogP) is 1.90. The Morgan fingerprint density at radius 3 is 2.48 bits per heavy atom. The van der Waals surface area contributed by atoms with Crippen molar-refractivity contribution in [3.8, 4) is 0 Å². The summed E-state index contributed by atoms with van der Waals surface area (Å²) in [7, 11) is 1.78. The summed E-state index contributed by atoms with van der Waals surface area (Å²) in [6, 6.07) is -0.462. The number of urea groups is 1. The first-order valence-electron chi connectivity index (χ1n) is 7.70. The Hall–Kier alpha value is -1.30. The third-order valence-corrected chi connectivity index (χ3v) is 3.85. The van der Waals surface area contributed by atoms with Gasteiger partial charge in [0.15, 0.2) is 0 Å². The van der Waals surface area contributed by atoms with Gasteiger partial charge in [-0.2, -0.15) is 0 Å². The normalized spacial score (nSPS) is 21.6. The van der Waals surface area contributed by atoms with E-state index in [4.69, 9.17) is 4.74 Å². The second-order valence-corrected chi connectivity index (χ2v) is 6.13. The van der Waals surface area contributed by atoms with Crippen LogP contribution in [0.15, 0.2) is 0 Å². The minimum absolute atomic E-state index is 0.0979. The average molecular weight is 300 g/mol. The van der Waals surface area contributed by atoms with Gasteiger partial charge in [-0.05, 0) is 18.8 Å². The molecular formula is C15H28N2O4. The molecule has 0 aromatic carbocycles. The second kappa shape index (κ2) is 8.22. The SMILES string of the molecule is CCCN(C(=O)N(C)CCC(C)C)C1COCC1C(=O)O. The van der Waals surface area contributed by atoms with Crippen LogP contribution in [0.5, 0.6) is 0 Å². The maximum atomic E-state index is 12.6. The van der Waals surface area contributed by atoms with Crippen molar-refractivity contribution in [1.29, 1.82) is 0 Å². The van der Waals surface area contributed by atoms with E-state index in [2.05, 4.69) is 13.8 Å². The molecule has 1 N–H and O–H groups in total. The summed E-state index contributed by atoms with van der Waals surface area (Å²) in [4.78, 5) is 27.3. The molecule has 1 fully saturated rings. The lowest BCUT2D eigenvalue weighted by Gasteiger charge is -2.34. The number of ether oxygens (including phenoxy) is 1. The van der Waals surface area contributed by atoms with Crippen LogP contribution in [0.3, 0.4) is 0 Å². The monoisotopic (exact) mass is 300 g/mol. The maximum Gasteiger partial charge on any atom is 0.320 e. The molecule has 0 spiro atoms. The lowest BCUT2D eigenvalue weighted by molar-refractivity contribution is -0.142. The van der Waals surface area contributed by atoms with Gasteiger partial charge in [0, 0.05) is 20.1 Å². The van der Waals surface area contributed by atoms with Gasteiger partial charge in [0.2, 0.25) is 0 Å². The van der Waals surface area contributed by atoms with Gasteiger partial charge in [-0.15, -0.1) is 0 Å². The number of aliphatic carboxylic acids is 1. The van der Waals surface area contributed by atoms with Crippen molar-refractivity contribution < 1.29 is 19.4 Å². The van der Waals surface area contributed by atoms with Crippen molar-refractivity contribution in [2.24, 2.45) is 11.8 Å². The minimum Gasteiger partial charge on any atom is -0.481 e. The number of nitrogens with zero attached hydrogens (tertiary/aromatic N) is 2. The fourth-order valence-electron chi connectivity index (χ4n) is 2.50.